The largest absolute Gasteiger partial charge is 0.398 e. The number of nitrogens with one attached hydrogen (secondary N) is 1. The van der Waals surface area contributed by atoms with Crippen LogP contribution in [0.1, 0.15) is 16.8 Å². The molecule has 2 rings (SSSR count). The van der Waals surface area contributed by atoms with Gasteiger partial charge in [-0.3, -0.25) is 0 Å². The molecule has 3 N–H and O–H groups in total. The Kier molecular flexibility index (Phi) is 4.42. The first kappa shape index (κ1) is 15.0. The van der Waals surface area contributed by atoms with Crippen molar-refractivity contribution in [2.45, 2.75) is 25.2 Å². The number of nitrogen functional groups attached to an aromatic ring is 1. The molecule has 0 spiro atoms. The van der Waals surface area contributed by atoms with E-state index in [4.69, 9.17) is 5.73 Å². The standard InChI is InChI=1S/C13H17N3O2S2/c1-9-3-4-12(14)13(10(9)2)20(17,18)16-6-5-11-7-19-8-15-11/h3-4,7-8,16H,5-6,14H2,1-2H3. The zero-order valence-corrected chi connectivity index (χ0v) is 13.0. The van der Waals surface area contributed by atoms with Crippen LogP contribution >= 0.6 is 11.3 Å². The average molecular weight is 311 g/mol. The highest BCUT2D eigenvalue weighted by Crippen LogP contribution is 2.24. The van der Waals surface area contributed by atoms with Gasteiger partial charge in [0.2, 0.25) is 10.0 Å². The molecule has 1 aromatic heterocycles. The van der Waals surface area contributed by atoms with Crippen molar-refractivity contribution in [2.24, 2.45) is 0 Å². The summed E-state index contributed by atoms with van der Waals surface area (Å²) in [5.74, 6) is 0. The van der Waals surface area contributed by atoms with Gasteiger partial charge >= 0.3 is 0 Å². The minimum absolute atomic E-state index is 0.177. The van der Waals surface area contributed by atoms with Crippen LogP contribution in [0, 0.1) is 13.8 Å². The van der Waals surface area contributed by atoms with Gasteiger partial charge in [0.05, 0.1) is 16.9 Å². The topological polar surface area (TPSA) is 85.1 Å². The summed E-state index contributed by atoms with van der Waals surface area (Å²) < 4.78 is 27.3. The van der Waals surface area contributed by atoms with E-state index in [1.165, 1.54) is 11.3 Å². The van der Waals surface area contributed by atoms with Gasteiger partial charge in [-0.15, -0.1) is 11.3 Å². The van der Waals surface area contributed by atoms with E-state index in [1.807, 2.05) is 18.4 Å². The quantitative estimate of drug-likeness (QED) is 0.825. The minimum Gasteiger partial charge on any atom is -0.398 e. The SMILES string of the molecule is Cc1ccc(N)c(S(=O)(=O)NCCc2cscn2)c1C. The zero-order valence-electron chi connectivity index (χ0n) is 11.4. The fraction of sp³-hybridized carbons (Fsp3) is 0.308. The van der Waals surface area contributed by atoms with Crippen LogP contribution in [0.5, 0.6) is 0 Å². The lowest BCUT2D eigenvalue weighted by Gasteiger charge is -2.13. The molecule has 7 heteroatoms. The Bertz CT molecular complexity index is 695. The lowest BCUT2D eigenvalue weighted by Crippen LogP contribution is -2.27. The van der Waals surface area contributed by atoms with Gasteiger partial charge in [0, 0.05) is 18.3 Å². The molecule has 0 saturated heterocycles. The molecule has 0 saturated carbocycles. The van der Waals surface area contributed by atoms with Gasteiger partial charge in [-0.2, -0.15) is 0 Å². The van der Waals surface area contributed by atoms with E-state index >= 15 is 0 Å². The molecule has 0 bridgehead atoms. The molecular formula is C13H17N3O2S2. The van der Waals surface area contributed by atoms with Crippen molar-refractivity contribution < 1.29 is 8.42 Å². The number of aromatic nitrogens is 1. The number of hydrogen-bond acceptors (Lipinski definition) is 5. The smallest absolute Gasteiger partial charge is 0.242 e. The summed E-state index contributed by atoms with van der Waals surface area (Å²) in [6.07, 6.45) is 0.563. The first-order valence-electron chi connectivity index (χ1n) is 6.14. The molecule has 108 valence electrons. The van der Waals surface area contributed by atoms with Crippen LogP contribution in [0.2, 0.25) is 0 Å². The van der Waals surface area contributed by atoms with Crippen molar-refractivity contribution in [3.05, 3.63) is 39.8 Å². The number of rotatable bonds is 5. The summed E-state index contributed by atoms with van der Waals surface area (Å²) in [6, 6.07) is 3.44. The van der Waals surface area contributed by atoms with Gasteiger partial charge < -0.3 is 5.73 Å². The Balaban J connectivity index is 2.16. The van der Waals surface area contributed by atoms with Gasteiger partial charge in [-0.05, 0) is 31.0 Å². The molecule has 0 fully saturated rings. The highest BCUT2D eigenvalue weighted by atomic mass is 32.2. The third-order valence-electron chi connectivity index (χ3n) is 3.13. The van der Waals surface area contributed by atoms with Crippen molar-refractivity contribution in [3.8, 4) is 0 Å². The van der Waals surface area contributed by atoms with E-state index in [-0.39, 0.29) is 10.6 Å². The number of nitrogens with two attached hydrogens (primary N) is 1. The predicted molar refractivity (Wildman–Crippen MR) is 81.3 cm³/mol. The second-order valence-electron chi connectivity index (χ2n) is 4.55. The molecule has 0 amide bonds. The monoisotopic (exact) mass is 311 g/mol. The Morgan fingerprint density at radius 2 is 2.10 bits per heavy atom. The molecule has 0 unspecified atom stereocenters. The molecule has 0 aliphatic rings. The number of anilines is 1. The third-order valence-corrected chi connectivity index (χ3v) is 5.43. The molecule has 0 atom stereocenters. The lowest BCUT2D eigenvalue weighted by molar-refractivity contribution is 0.581. The van der Waals surface area contributed by atoms with E-state index in [1.54, 1.807) is 18.5 Å². The van der Waals surface area contributed by atoms with Crippen LogP contribution in [-0.2, 0) is 16.4 Å². The van der Waals surface area contributed by atoms with Crippen molar-refractivity contribution in [3.63, 3.8) is 0 Å². The molecule has 1 aromatic carbocycles. The number of benzene rings is 1. The summed E-state index contributed by atoms with van der Waals surface area (Å²) in [4.78, 5) is 4.29. The maximum atomic E-state index is 12.3. The Morgan fingerprint density at radius 1 is 1.35 bits per heavy atom. The molecule has 5 nitrogen and oxygen atoms in total. The second kappa shape index (κ2) is 5.90. The van der Waals surface area contributed by atoms with E-state index in [9.17, 15) is 8.42 Å². The maximum Gasteiger partial charge on any atom is 0.242 e. The Morgan fingerprint density at radius 3 is 2.75 bits per heavy atom. The van der Waals surface area contributed by atoms with Crippen LogP contribution in [-0.4, -0.2) is 19.9 Å². The number of thiazole rings is 1. The fourth-order valence-corrected chi connectivity index (χ4v) is 3.96. The van der Waals surface area contributed by atoms with E-state index in [0.717, 1.165) is 11.3 Å². The highest BCUT2D eigenvalue weighted by molar-refractivity contribution is 7.89. The maximum absolute atomic E-state index is 12.3. The Hall–Kier alpha value is -1.44. The molecule has 20 heavy (non-hydrogen) atoms. The summed E-state index contributed by atoms with van der Waals surface area (Å²) in [7, 11) is -3.60. The number of hydrogen-bond donors (Lipinski definition) is 2. The molecule has 2 aromatic rings. The van der Waals surface area contributed by atoms with Gasteiger partial charge in [0.15, 0.2) is 0 Å². The number of aryl methyl sites for hydroxylation is 1. The van der Waals surface area contributed by atoms with Gasteiger partial charge in [-0.25, -0.2) is 18.1 Å². The van der Waals surface area contributed by atoms with Crippen molar-refractivity contribution >= 4 is 27.0 Å². The number of nitrogens with zero attached hydrogens (tertiary/aromatic N) is 1. The second-order valence-corrected chi connectivity index (χ2v) is 6.98. The van der Waals surface area contributed by atoms with Crippen LogP contribution < -0.4 is 10.5 Å². The van der Waals surface area contributed by atoms with Crippen molar-refractivity contribution in [2.75, 3.05) is 12.3 Å². The molecular weight excluding hydrogens is 294 g/mol. The van der Waals surface area contributed by atoms with Crippen molar-refractivity contribution in [1.82, 2.24) is 9.71 Å². The van der Waals surface area contributed by atoms with Gasteiger partial charge in [0.1, 0.15) is 4.90 Å². The Labute approximate surface area is 122 Å². The lowest BCUT2D eigenvalue weighted by atomic mass is 10.1. The third kappa shape index (κ3) is 3.17. The predicted octanol–water partition coefficient (Wildman–Crippen LogP) is 1.86. The van der Waals surface area contributed by atoms with Crippen LogP contribution in [0.4, 0.5) is 5.69 Å². The fourth-order valence-electron chi connectivity index (χ4n) is 1.91. The molecule has 0 aliphatic carbocycles. The van der Waals surface area contributed by atoms with Crippen molar-refractivity contribution in [1.29, 1.82) is 0 Å². The van der Waals surface area contributed by atoms with E-state index in [2.05, 4.69) is 9.71 Å². The first-order chi connectivity index (χ1) is 9.42. The molecule has 0 aliphatic heterocycles. The molecule has 1 heterocycles. The number of sulfonamides is 1. The summed E-state index contributed by atoms with van der Waals surface area (Å²) >= 11 is 1.49. The highest BCUT2D eigenvalue weighted by Gasteiger charge is 2.20. The van der Waals surface area contributed by atoms with Crippen LogP contribution in [0.15, 0.2) is 27.9 Å². The summed E-state index contributed by atoms with van der Waals surface area (Å²) in [6.45, 7) is 3.93. The zero-order chi connectivity index (χ0) is 14.8. The van der Waals surface area contributed by atoms with Crippen LogP contribution in [0.3, 0.4) is 0 Å². The van der Waals surface area contributed by atoms with Gasteiger partial charge in [-0.1, -0.05) is 6.07 Å². The summed E-state index contributed by atoms with van der Waals surface area (Å²) in [5.41, 5.74) is 10.3. The van der Waals surface area contributed by atoms with Gasteiger partial charge in [0.25, 0.3) is 0 Å². The normalized spacial score (nSPS) is 11.7. The average Bonchev–Trinajstić information content (AvgIpc) is 2.87. The molecule has 0 radical (unpaired) electrons. The van der Waals surface area contributed by atoms with Crippen LogP contribution in [0.25, 0.3) is 0 Å². The first-order valence-corrected chi connectivity index (χ1v) is 8.57. The van der Waals surface area contributed by atoms with E-state index < -0.39 is 10.0 Å². The minimum atomic E-state index is -3.60. The summed E-state index contributed by atoms with van der Waals surface area (Å²) in [5, 5.41) is 1.90. The van der Waals surface area contributed by atoms with E-state index in [0.29, 0.717) is 18.5 Å².